The fraction of sp³-hybridized carbons (Fsp3) is 0.0588. The lowest BCUT2D eigenvalue weighted by Gasteiger charge is -2.03. The average molecular weight is 294 g/mol. The molecule has 0 aliphatic heterocycles. The fourth-order valence-electron chi connectivity index (χ4n) is 2.14. The lowest BCUT2D eigenvalue weighted by Crippen LogP contribution is -2.09. The van der Waals surface area contributed by atoms with E-state index in [9.17, 15) is 4.79 Å². The van der Waals surface area contributed by atoms with E-state index in [0.29, 0.717) is 5.75 Å². The molecule has 0 radical (unpaired) electrons. The molecule has 0 unspecified atom stereocenters. The molecule has 0 aliphatic carbocycles. The number of nitrogens with zero attached hydrogens (tertiary/aromatic N) is 1. The highest BCUT2D eigenvalue weighted by Gasteiger charge is 2.02. The molecule has 22 heavy (non-hydrogen) atoms. The largest absolute Gasteiger partial charge is 0.482 e. The Balaban J connectivity index is 1.80. The molecule has 1 aromatic heterocycles. The highest BCUT2D eigenvalue weighted by Crippen LogP contribution is 2.19. The average Bonchev–Trinajstić information content (AvgIpc) is 2.95. The van der Waals surface area contributed by atoms with Crippen molar-refractivity contribution in [1.82, 2.24) is 10.2 Å². The quantitative estimate of drug-likeness (QED) is 0.757. The highest BCUT2D eigenvalue weighted by atomic mass is 16.5. The molecule has 2 aromatic carbocycles. The molecule has 0 fully saturated rings. The van der Waals surface area contributed by atoms with Gasteiger partial charge in [-0.1, -0.05) is 36.4 Å². The minimum atomic E-state index is -0.996. The second-order valence-electron chi connectivity index (χ2n) is 4.74. The molecule has 3 aromatic rings. The number of ether oxygens (including phenoxy) is 1. The number of hydrogen-bond acceptors (Lipinski definition) is 3. The van der Waals surface area contributed by atoms with Gasteiger partial charge >= 0.3 is 5.97 Å². The lowest BCUT2D eigenvalue weighted by molar-refractivity contribution is -0.139. The van der Waals surface area contributed by atoms with Gasteiger partial charge in [0.2, 0.25) is 0 Å². The zero-order chi connectivity index (χ0) is 15.4. The first-order chi connectivity index (χ1) is 10.7. The van der Waals surface area contributed by atoms with E-state index < -0.39 is 5.97 Å². The summed E-state index contributed by atoms with van der Waals surface area (Å²) in [6.07, 6.45) is 3.82. The Labute approximate surface area is 126 Å². The van der Waals surface area contributed by atoms with Gasteiger partial charge in [-0.25, -0.2) is 4.79 Å². The van der Waals surface area contributed by atoms with E-state index in [1.54, 1.807) is 12.1 Å². The lowest BCUT2D eigenvalue weighted by atomic mass is 10.1. The van der Waals surface area contributed by atoms with Gasteiger partial charge in [-0.3, -0.25) is 5.10 Å². The predicted octanol–water partition coefficient (Wildman–Crippen LogP) is 3.20. The summed E-state index contributed by atoms with van der Waals surface area (Å²) >= 11 is 0. The van der Waals surface area contributed by atoms with Crippen molar-refractivity contribution < 1.29 is 14.6 Å². The normalized spacial score (nSPS) is 11.1. The van der Waals surface area contributed by atoms with Crippen LogP contribution in [0.4, 0.5) is 0 Å². The molecule has 3 rings (SSSR count). The molecule has 0 bridgehead atoms. The van der Waals surface area contributed by atoms with E-state index in [4.69, 9.17) is 9.84 Å². The maximum Gasteiger partial charge on any atom is 0.341 e. The predicted molar refractivity (Wildman–Crippen MR) is 84.6 cm³/mol. The molecule has 5 heteroatoms. The maximum atomic E-state index is 10.5. The van der Waals surface area contributed by atoms with Crippen LogP contribution in [0.2, 0.25) is 0 Å². The van der Waals surface area contributed by atoms with Crippen molar-refractivity contribution in [2.45, 2.75) is 0 Å². The van der Waals surface area contributed by atoms with Crippen molar-refractivity contribution in [3.8, 4) is 5.75 Å². The number of rotatable bonds is 5. The second kappa shape index (κ2) is 6.13. The summed E-state index contributed by atoms with van der Waals surface area (Å²) in [5.41, 5.74) is 2.75. The number of para-hydroxylation sites is 1. The van der Waals surface area contributed by atoms with Crippen molar-refractivity contribution in [3.05, 3.63) is 59.8 Å². The van der Waals surface area contributed by atoms with Crippen molar-refractivity contribution in [3.63, 3.8) is 0 Å². The highest BCUT2D eigenvalue weighted by molar-refractivity contribution is 5.89. The number of nitrogens with one attached hydrogen (secondary N) is 1. The van der Waals surface area contributed by atoms with Crippen LogP contribution < -0.4 is 4.74 Å². The van der Waals surface area contributed by atoms with Crippen LogP contribution in [0.15, 0.2) is 48.5 Å². The zero-order valence-electron chi connectivity index (χ0n) is 11.7. The summed E-state index contributed by atoms with van der Waals surface area (Å²) in [5.74, 6) is -0.472. The summed E-state index contributed by atoms with van der Waals surface area (Å²) in [6.45, 7) is -0.350. The van der Waals surface area contributed by atoms with Crippen molar-refractivity contribution in [2.24, 2.45) is 0 Å². The Morgan fingerprint density at radius 1 is 1.18 bits per heavy atom. The van der Waals surface area contributed by atoms with Crippen molar-refractivity contribution >= 4 is 29.0 Å². The van der Waals surface area contributed by atoms with Crippen LogP contribution in [0.25, 0.3) is 23.1 Å². The van der Waals surface area contributed by atoms with Crippen LogP contribution in [-0.2, 0) is 4.79 Å². The van der Waals surface area contributed by atoms with Gasteiger partial charge in [-0.15, -0.1) is 0 Å². The Morgan fingerprint density at radius 2 is 2.05 bits per heavy atom. The van der Waals surface area contributed by atoms with Gasteiger partial charge in [0.15, 0.2) is 6.61 Å². The van der Waals surface area contributed by atoms with E-state index in [0.717, 1.165) is 22.2 Å². The number of aliphatic carboxylic acids is 1. The summed E-state index contributed by atoms with van der Waals surface area (Å²) in [4.78, 5) is 10.5. The van der Waals surface area contributed by atoms with Gasteiger partial charge < -0.3 is 9.84 Å². The molecule has 2 N–H and O–H groups in total. The van der Waals surface area contributed by atoms with Crippen molar-refractivity contribution in [2.75, 3.05) is 6.61 Å². The number of aromatic amines is 1. The maximum absolute atomic E-state index is 10.5. The topological polar surface area (TPSA) is 75.2 Å². The number of carboxylic acids is 1. The molecular formula is C17H14N2O3. The van der Waals surface area contributed by atoms with E-state index in [-0.39, 0.29) is 6.61 Å². The number of carbonyl (C=O) groups is 1. The summed E-state index contributed by atoms with van der Waals surface area (Å²) in [6, 6.07) is 15.1. The van der Waals surface area contributed by atoms with Crippen LogP contribution in [0.3, 0.4) is 0 Å². The number of carboxylic acid groups (broad SMARTS) is 1. The zero-order valence-corrected chi connectivity index (χ0v) is 11.7. The summed E-state index contributed by atoms with van der Waals surface area (Å²) in [7, 11) is 0. The second-order valence-corrected chi connectivity index (χ2v) is 4.74. The third kappa shape index (κ3) is 3.15. The number of hydrogen-bond donors (Lipinski definition) is 2. The number of H-pyrrole nitrogens is 1. The first-order valence-electron chi connectivity index (χ1n) is 6.78. The van der Waals surface area contributed by atoms with Crippen LogP contribution in [0.5, 0.6) is 5.75 Å². The third-order valence-electron chi connectivity index (χ3n) is 3.15. The Hall–Kier alpha value is -3.08. The Kier molecular flexibility index (Phi) is 3.87. The molecule has 0 saturated heterocycles. The van der Waals surface area contributed by atoms with Gasteiger partial charge in [0.25, 0.3) is 0 Å². The SMILES string of the molecule is O=C(O)COc1cccc(/C=C/c2n[nH]c3ccccc23)c1. The third-order valence-corrected chi connectivity index (χ3v) is 3.15. The van der Waals surface area contributed by atoms with Crippen LogP contribution in [0, 0.1) is 0 Å². The van der Waals surface area contributed by atoms with Gasteiger partial charge in [0.05, 0.1) is 11.2 Å². The Bertz CT molecular complexity index is 837. The number of benzene rings is 2. The van der Waals surface area contributed by atoms with E-state index in [1.165, 1.54) is 0 Å². The van der Waals surface area contributed by atoms with Crippen molar-refractivity contribution in [1.29, 1.82) is 0 Å². The molecule has 0 amide bonds. The van der Waals surface area contributed by atoms with Gasteiger partial charge in [-0.2, -0.15) is 5.10 Å². The van der Waals surface area contributed by atoms with Crippen LogP contribution in [0.1, 0.15) is 11.3 Å². The molecular weight excluding hydrogens is 280 g/mol. The molecule has 110 valence electrons. The molecule has 1 heterocycles. The number of fused-ring (bicyclic) bond motifs is 1. The molecule has 0 spiro atoms. The first-order valence-corrected chi connectivity index (χ1v) is 6.78. The first kappa shape index (κ1) is 13.9. The summed E-state index contributed by atoms with van der Waals surface area (Å²) < 4.78 is 5.16. The molecule has 0 atom stereocenters. The number of aromatic nitrogens is 2. The van der Waals surface area contributed by atoms with E-state index in [1.807, 2.05) is 48.6 Å². The van der Waals surface area contributed by atoms with Gasteiger partial charge in [0, 0.05) is 5.39 Å². The fourth-order valence-corrected chi connectivity index (χ4v) is 2.14. The minimum absolute atomic E-state index is 0.350. The van der Waals surface area contributed by atoms with Gasteiger partial charge in [-0.05, 0) is 29.8 Å². The van der Waals surface area contributed by atoms with Crippen LogP contribution in [-0.4, -0.2) is 27.9 Å². The molecule has 0 aliphatic rings. The minimum Gasteiger partial charge on any atom is -0.482 e. The van der Waals surface area contributed by atoms with Gasteiger partial charge in [0.1, 0.15) is 5.75 Å². The van der Waals surface area contributed by atoms with E-state index in [2.05, 4.69) is 10.2 Å². The van der Waals surface area contributed by atoms with Crippen LogP contribution >= 0.6 is 0 Å². The van der Waals surface area contributed by atoms with E-state index >= 15 is 0 Å². The summed E-state index contributed by atoms with van der Waals surface area (Å²) in [5, 5.41) is 16.9. The monoisotopic (exact) mass is 294 g/mol. The standard InChI is InChI=1S/C17H14N2O3/c20-17(21)11-22-13-5-3-4-12(10-13)8-9-16-14-6-1-2-7-15(14)18-19-16/h1-10H,11H2,(H,18,19)(H,20,21)/b9-8+. The Morgan fingerprint density at radius 3 is 2.91 bits per heavy atom. The molecule has 0 saturated carbocycles. The molecule has 5 nitrogen and oxygen atoms in total. The smallest absolute Gasteiger partial charge is 0.341 e.